The number of aromatic nitrogens is 1. The van der Waals surface area contributed by atoms with E-state index in [1.807, 2.05) is 26.0 Å². The Morgan fingerprint density at radius 2 is 2.14 bits per heavy atom. The average Bonchev–Trinajstić information content (AvgIpc) is 2.46. The van der Waals surface area contributed by atoms with E-state index in [1.165, 1.54) is 11.1 Å². The summed E-state index contributed by atoms with van der Waals surface area (Å²) in [4.78, 5) is 4.53. The molecule has 1 heterocycles. The predicted molar refractivity (Wildman–Crippen MR) is 88.6 cm³/mol. The van der Waals surface area contributed by atoms with Crippen LogP contribution in [0.25, 0.3) is 0 Å². The molecular weight excluding hydrogens is 272 g/mol. The highest BCUT2D eigenvalue weighted by Crippen LogP contribution is 2.34. The van der Waals surface area contributed by atoms with Crippen LogP contribution in [0.4, 0.5) is 11.5 Å². The van der Waals surface area contributed by atoms with Gasteiger partial charge in [-0.15, -0.1) is 0 Å². The van der Waals surface area contributed by atoms with Crippen LogP contribution in [0, 0.1) is 25.2 Å². The van der Waals surface area contributed by atoms with Crippen LogP contribution in [0.2, 0.25) is 0 Å². The first-order chi connectivity index (χ1) is 10.6. The van der Waals surface area contributed by atoms with Gasteiger partial charge in [-0.05, 0) is 68.0 Å². The molecule has 1 aliphatic carbocycles. The molecule has 1 aliphatic rings. The average molecular weight is 292 g/mol. The van der Waals surface area contributed by atoms with E-state index in [0.29, 0.717) is 11.4 Å². The molecule has 3 rings (SSSR count). The van der Waals surface area contributed by atoms with Crippen LogP contribution in [-0.2, 0) is 6.42 Å². The van der Waals surface area contributed by atoms with Crippen molar-refractivity contribution in [3.8, 4) is 6.07 Å². The number of hydrogen-bond donors (Lipinski definition) is 2. The highest BCUT2D eigenvalue weighted by molar-refractivity contribution is 5.58. The van der Waals surface area contributed by atoms with Crippen molar-refractivity contribution in [2.45, 2.75) is 39.2 Å². The number of aryl methyl sites for hydroxylation is 3. The Hall–Kier alpha value is -2.54. The Morgan fingerprint density at radius 3 is 2.91 bits per heavy atom. The highest BCUT2D eigenvalue weighted by Gasteiger charge is 2.22. The van der Waals surface area contributed by atoms with E-state index in [0.717, 1.165) is 36.2 Å². The summed E-state index contributed by atoms with van der Waals surface area (Å²) in [5.41, 5.74) is 11.8. The Bertz CT molecular complexity index is 758. The number of benzene rings is 1. The molecule has 1 aromatic carbocycles. The smallest absolute Gasteiger partial charge is 0.144 e. The van der Waals surface area contributed by atoms with Gasteiger partial charge in [-0.25, -0.2) is 4.98 Å². The summed E-state index contributed by atoms with van der Waals surface area (Å²) in [6.45, 7) is 3.91. The second-order valence-electron chi connectivity index (χ2n) is 5.96. The van der Waals surface area contributed by atoms with Crippen LogP contribution < -0.4 is 11.1 Å². The number of nitriles is 1. The van der Waals surface area contributed by atoms with E-state index in [9.17, 15) is 5.26 Å². The van der Waals surface area contributed by atoms with Crippen LogP contribution in [0.3, 0.4) is 0 Å². The van der Waals surface area contributed by atoms with Crippen LogP contribution >= 0.6 is 0 Å². The van der Waals surface area contributed by atoms with Gasteiger partial charge in [0.2, 0.25) is 0 Å². The molecule has 0 fully saturated rings. The lowest BCUT2D eigenvalue weighted by atomic mass is 9.87. The van der Waals surface area contributed by atoms with Gasteiger partial charge < -0.3 is 11.1 Å². The minimum Gasteiger partial charge on any atom is -0.399 e. The number of pyridine rings is 1. The van der Waals surface area contributed by atoms with Gasteiger partial charge in [0.05, 0.1) is 11.6 Å². The highest BCUT2D eigenvalue weighted by atomic mass is 15.0. The lowest BCUT2D eigenvalue weighted by Crippen LogP contribution is -2.19. The van der Waals surface area contributed by atoms with Gasteiger partial charge in [-0.2, -0.15) is 5.26 Å². The maximum absolute atomic E-state index is 9.40. The molecule has 0 bridgehead atoms. The number of nitrogen functional groups attached to an aromatic ring is 1. The van der Waals surface area contributed by atoms with Crippen molar-refractivity contribution in [2.75, 3.05) is 11.1 Å². The molecule has 4 heteroatoms. The van der Waals surface area contributed by atoms with E-state index < -0.39 is 0 Å². The lowest BCUT2D eigenvalue weighted by Gasteiger charge is -2.27. The van der Waals surface area contributed by atoms with Gasteiger partial charge in [0.25, 0.3) is 0 Å². The van der Waals surface area contributed by atoms with E-state index in [4.69, 9.17) is 5.73 Å². The number of nitrogens with two attached hydrogens (primary N) is 1. The van der Waals surface area contributed by atoms with Crippen molar-refractivity contribution < 1.29 is 0 Å². The molecule has 4 nitrogen and oxygen atoms in total. The molecule has 0 spiro atoms. The van der Waals surface area contributed by atoms with Gasteiger partial charge in [0.1, 0.15) is 11.9 Å². The van der Waals surface area contributed by atoms with Crippen LogP contribution in [0.5, 0.6) is 0 Å². The topological polar surface area (TPSA) is 74.7 Å². The molecule has 0 radical (unpaired) electrons. The zero-order valence-corrected chi connectivity index (χ0v) is 13.0. The van der Waals surface area contributed by atoms with Gasteiger partial charge in [0.15, 0.2) is 0 Å². The Kier molecular flexibility index (Phi) is 3.72. The first kappa shape index (κ1) is 14.4. The number of anilines is 2. The van der Waals surface area contributed by atoms with Gasteiger partial charge in [-0.1, -0.05) is 6.07 Å². The van der Waals surface area contributed by atoms with Crippen molar-refractivity contribution in [1.82, 2.24) is 4.98 Å². The zero-order valence-electron chi connectivity index (χ0n) is 13.0. The number of rotatable bonds is 2. The van der Waals surface area contributed by atoms with Crippen molar-refractivity contribution >= 4 is 11.5 Å². The van der Waals surface area contributed by atoms with Crippen LogP contribution in [0.15, 0.2) is 24.3 Å². The van der Waals surface area contributed by atoms with Crippen LogP contribution in [0.1, 0.15) is 46.8 Å². The van der Waals surface area contributed by atoms with E-state index in [1.54, 1.807) is 0 Å². The fraction of sp³-hybridized carbons (Fsp3) is 0.333. The first-order valence-corrected chi connectivity index (χ1v) is 7.61. The minimum absolute atomic E-state index is 0.185. The normalized spacial score (nSPS) is 16.7. The summed E-state index contributed by atoms with van der Waals surface area (Å²) in [6, 6.07) is 10.5. The van der Waals surface area contributed by atoms with Crippen molar-refractivity contribution in [3.05, 3.63) is 52.2 Å². The summed E-state index contributed by atoms with van der Waals surface area (Å²) >= 11 is 0. The van der Waals surface area contributed by atoms with E-state index >= 15 is 0 Å². The van der Waals surface area contributed by atoms with Gasteiger partial charge in [0, 0.05) is 11.4 Å². The molecule has 0 saturated carbocycles. The van der Waals surface area contributed by atoms with E-state index in [2.05, 4.69) is 28.5 Å². The van der Waals surface area contributed by atoms with E-state index in [-0.39, 0.29) is 6.04 Å². The summed E-state index contributed by atoms with van der Waals surface area (Å²) < 4.78 is 0. The maximum Gasteiger partial charge on any atom is 0.144 e. The third-order valence-corrected chi connectivity index (χ3v) is 4.25. The molecule has 1 atom stereocenters. The number of nitrogens with zero attached hydrogens (tertiary/aromatic N) is 2. The molecule has 2 aromatic rings. The third-order valence-electron chi connectivity index (χ3n) is 4.25. The summed E-state index contributed by atoms with van der Waals surface area (Å²) in [5.74, 6) is 0.690. The fourth-order valence-electron chi connectivity index (χ4n) is 3.23. The molecule has 1 unspecified atom stereocenters. The fourth-order valence-corrected chi connectivity index (χ4v) is 3.23. The third kappa shape index (κ3) is 2.62. The first-order valence-electron chi connectivity index (χ1n) is 7.61. The molecule has 1 aromatic heterocycles. The zero-order chi connectivity index (χ0) is 15.7. The standard InChI is InChI=1S/C18H20N4/c1-11-8-12(2)21-18(16(11)10-19)22-17-5-3-4-13-9-14(20)6-7-15(13)17/h6-9,17H,3-5,20H2,1-2H3,(H,21,22). The Labute approximate surface area is 131 Å². The van der Waals surface area contributed by atoms with Crippen molar-refractivity contribution in [2.24, 2.45) is 0 Å². The number of nitrogens with one attached hydrogen (secondary N) is 1. The lowest BCUT2D eigenvalue weighted by molar-refractivity contribution is 0.598. The van der Waals surface area contributed by atoms with Gasteiger partial charge >= 0.3 is 0 Å². The molecular formula is C18H20N4. The summed E-state index contributed by atoms with van der Waals surface area (Å²) in [6.07, 6.45) is 3.21. The SMILES string of the molecule is Cc1cc(C)c(C#N)c(NC2CCCc3cc(N)ccc32)n1. The molecule has 0 aliphatic heterocycles. The second-order valence-corrected chi connectivity index (χ2v) is 5.96. The Morgan fingerprint density at radius 1 is 1.32 bits per heavy atom. The Balaban J connectivity index is 1.98. The largest absolute Gasteiger partial charge is 0.399 e. The summed E-state index contributed by atoms with van der Waals surface area (Å²) in [7, 11) is 0. The van der Waals surface area contributed by atoms with Crippen molar-refractivity contribution in [3.63, 3.8) is 0 Å². The minimum atomic E-state index is 0.185. The predicted octanol–water partition coefficient (Wildman–Crippen LogP) is 3.64. The molecule has 22 heavy (non-hydrogen) atoms. The quantitative estimate of drug-likeness (QED) is 0.829. The second kappa shape index (κ2) is 5.69. The van der Waals surface area contributed by atoms with Crippen LogP contribution in [-0.4, -0.2) is 4.98 Å². The molecule has 3 N–H and O–H groups in total. The molecule has 0 saturated heterocycles. The number of hydrogen-bond acceptors (Lipinski definition) is 4. The maximum atomic E-state index is 9.40. The molecule has 0 amide bonds. The monoisotopic (exact) mass is 292 g/mol. The number of fused-ring (bicyclic) bond motifs is 1. The summed E-state index contributed by atoms with van der Waals surface area (Å²) in [5, 5.41) is 12.9. The van der Waals surface area contributed by atoms with Crippen molar-refractivity contribution in [1.29, 1.82) is 5.26 Å². The van der Waals surface area contributed by atoms with Gasteiger partial charge in [-0.3, -0.25) is 0 Å². The molecule has 112 valence electrons.